The van der Waals surface area contributed by atoms with E-state index < -0.39 is 5.41 Å². The van der Waals surface area contributed by atoms with Gasteiger partial charge in [-0.3, -0.25) is 4.79 Å². The van der Waals surface area contributed by atoms with Crippen molar-refractivity contribution in [2.45, 2.75) is 39.0 Å². The maximum atomic E-state index is 12.1. The molecule has 0 atom stereocenters. The van der Waals surface area contributed by atoms with Gasteiger partial charge in [-0.25, -0.2) is 9.67 Å². The Morgan fingerprint density at radius 3 is 2.57 bits per heavy atom. The molecule has 2 aromatic carbocycles. The van der Waals surface area contributed by atoms with Crippen molar-refractivity contribution in [1.29, 1.82) is 10.5 Å². The van der Waals surface area contributed by atoms with E-state index in [0.717, 1.165) is 46.3 Å². The topological polar surface area (TPSA) is 107 Å². The number of carbonyl (C=O) groups is 1. The molecule has 2 heterocycles. The molecule has 0 aliphatic heterocycles. The average molecular weight is 487 g/mol. The Labute approximate surface area is 216 Å². The van der Waals surface area contributed by atoms with Gasteiger partial charge in [0.25, 0.3) is 0 Å². The van der Waals surface area contributed by atoms with Crippen molar-refractivity contribution in [2.24, 2.45) is 5.92 Å². The number of nitrogens with zero attached hydrogens (tertiary/aromatic N) is 5. The minimum atomic E-state index is -0.580. The molecule has 5 rings (SSSR count). The van der Waals surface area contributed by atoms with Crippen molar-refractivity contribution in [1.82, 2.24) is 14.8 Å². The Balaban J connectivity index is 1.46. The van der Waals surface area contributed by atoms with Crippen LogP contribution >= 0.6 is 0 Å². The fraction of sp³-hybridized carbons (Fsp3) is 0.233. The molecule has 0 radical (unpaired) electrons. The maximum Gasteiger partial charge on any atom is 0.228 e. The summed E-state index contributed by atoms with van der Waals surface area (Å²) in [6.07, 6.45) is 6.99. The van der Waals surface area contributed by atoms with Crippen molar-refractivity contribution in [3.05, 3.63) is 83.8 Å². The Kier molecular flexibility index (Phi) is 6.07. The third-order valence-corrected chi connectivity index (χ3v) is 6.77. The van der Waals surface area contributed by atoms with Gasteiger partial charge in [-0.05, 0) is 74.1 Å². The Bertz CT molecular complexity index is 1600. The highest BCUT2D eigenvalue weighted by atomic mass is 16.2. The fourth-order valence-electron chi connectivity index (χ4n) is 4.20. The van der Waals surface area contributed by atoms with E-state index in [4.69, 9.17) is 0 Å². The first-order valence-corrected chi connectivity index (χ1v) is 12.2. The molecule has 4 aromatic rings. The maximum absolute atomic E-state index is 12.1. The predicted octanol–water partition coefficient (Wildman–Crippen LogP) is 5.93. The molecule has 7 nitrogen and oxygen atoms in total. The van der Waals surface area contributed by atoms with E-state index in [-0.39, 0.29) is 11.8 Å². The molecule has 182 valence electrons. The summed E-state index contributed by atoms with van der Waals surface area (Å²) in [5, 5.41) is 26.7. The Morgan fingerprint density at radius 2 is 1.84 bits per heavy atom. The van der Waals surface area contributed by atoms with Gasteiger partial charge in [-0.15, -0.1) is 0 Å². The predicted molar refractivity (Wildman–Crippen MR) is 142 cm³/mol. The number of benzene rings is 2. The van der Waals surface area contributed by atoms with Crippen LogP contribution in [0.5, 0.6) is 0 Å². The number of nitrogens with one attached hydrogen (secondary N) is 1. The van der Waals surface area contributed by atoms with Crippen LogP contribution < -0.4 is 5.32 Å². The van der Waals surface area contributed by atoms with Crippen LogP contribution in [0.25, 0.3) is 27.9 Å². The largest absolute Gasteiger partial charge is 0.310 e. The number of aromatic nitrogens is 3. The number of carbonyl (C=O) groups excluding carboxylic acids is 1. The van der Waals surface area contributed by atoms with E-state index in [0.29, 0.717) is 16.9 Å². The second-order valence-corrected chi connectivity index (χ2v) is 9.98. The molecule has 0 bridgehead atoms. The first-order valence-electron chi connectivity index (χ1n) is 12.2. The quantitative estimate of drug-likeness (QED) is 0.363. The highest BCUT2D eigenvalue weighted by Crippen LogP contribution is 2.32. The lowest BCUT2D eigenvalue weighted by Gasteiger charge is -2.17. The third-order valence-electron chi connectivity index (χ3n) is 6.77. The Morgan fingerprint density at radius 1 is 1.05 bits per heavy atom. The van der Waals surface area contributed by atoms with Crippen LogP contribution in [0.3, 0.4) is 0 Å². The van der Waals surface area contributed by atoms with Crippen molar-refractivity contribution < 1.29 is 4.79 Å². The summed E-state index contributed by atoms with van der Waals surface area (Å²) in [5.41, 5.74) is 6.20. The molecule has 1 fully saturated rings. The van der Waals surface area contributed by atoms with Gasteiger partial charge in [0.05, 0.1) is 35.0 Å². The highest BCUT2D eigenvalue weighted by molar-refractivity contribution is 5.93. The van der Waals surface area contributed by atoms with Gasteiger partial charge in [-0.2, -0.15) is 15.6 Å². The molecule has 0 unspecified atom stereocenters. The van der Waals surface area contributed by atoms with Crippen LogP contribution in [-0.4, -0.2) is 20.7 Å². The van der Waals surface area contributed by atoms with Crippen LogP contribution in [0.2, 0.25) is 0 Å². The lowest BCUT2D eigenvalue weighted by atomic mass is 9.85. The zero-order valence-corrected chi connectivity index (χ0v) is 21.0. The Hall–Kier alpha value is -4.75. The van der Waals surface area contributed by atoms with Gasteiger partial charge in [0.1, 0.15) is 5.82 Å². The summed E-state index contributed by atoms with van der Waals surface area (Å²) >= 11 is 0. The smallest absolute Gasteiger partial charge is 0.228 e. The van der Waals surface area contributed by atoms with Crippen molar-refractivity contribution in [3.8, 4) is 40.1 Å². The number of rotatable bonds is 6. The zero-order valence-electron chi connectivity index (χ0n) is 21.0. The molecule has 1 aliphatic rings. The lowest BCUT2D eigenvalue weighted by Crippen LogP contribution is -2.14. The lowest BCUT2D eigenvalue weighted by molar-refractivity contribution is -0.117. The van der Waals surface area contributed by atoms with Gasteiger partial charge < -0.3 is 5.32 Å². The van der Waals surface area contributed by atoms with Gasteiger partial charge in [0, 0.05) is 29.4 Å². The molecule has 37 heavy (non-hydrogen) atoms. The number of pyridine rings is 1. The molecule has 1 amide bonds. The number of anilines is 1. The van der Waals surface area contributed by atoms with Crippen LogP contribution in [0.15, 0.2) is 67.1 Å². The zero-order chi connectivity index (χ0) is 26.2. The minimum absolute atomic E-state index is 0.0472. The molecule has 1 saturated carbocycles. The third kappa shape index (κ3) is 4.85. The number of aryl methyl sites for hydroxylation is 1. The second kappa shape index (κ2) is 9.37. The first-order chi connectivity index (χ1) is 17.8. The minimum Gasteiger partial charge on any atom is -0.310 e. The summed E-state index contributed by atoms with van der Waals surface area (Å²) in [5.74, 6) is 0.397. The summed E-state index contributed by atoms with van der Waals surface area (Å²) in [6, 6.07) is 20.4. The summed E-state index contributed by atoms with van der Waals surface area (Å²) in [6.45, 7) is 5.85. The molecule has 1 N–H and O–H groups in total. The van der Waals surface area contributed by atoms with Crippen LogP contribution in [0, 0.1) is 35.5 Å². The molecule has 0 spiro atoms. The molecule has 2 aromatic heterocycles. The van der Waals surface area contributed by atoms with Gasteiger partial charge in [-0.1, -0.05) is 30.3 Å². The monoisotopic (exact) mass is 486 g/mol. The van der Waals surface area contributed by atoms with E-state index in [9.17, 15) is 15.3 Å². The number of amides is 1. The number of nitriles is 2. The van der Waals surface area contributed by atoms with E-state index in [1.54, 1.807) is 23.1 Å². The van der Waals surface area contributed by atoms with E-state index in [1.807, 2.05) is 51.2 Å². The first kappa shape index (κ1) is 24.0. The number of hydrogen-bond acceptors (Lipinski definition) is 5. The van der Waals surface area contributed by atoms with Gasteiger partial charge in [0.15, 0.2) is 0 Å². The highest BCUT2D eigenvalue weighted by Gasteiger charge is 2.30. The number of hydrogen-bond donors (Lipinski definition) is 1. The van der Waals surface area contributed by atoms with Crippen molar-refractivity contribution in [2.75, 3.05) is 5.32 Å². The molecular weight excluding hydrogens is 460 g/mol. The van der Waals surface area contributed by atoms with E-state index in [2.05, 4.69) is 45.7 Å². The standard InChI is InChI=1S/C30H26N6O/c1-19-7-8-22(21-5-4-6-25(11-21)30(2,3)18-32)12-27(19)36-17-24(15-34-36)26-16-33-28(13-23(26)14-31)35-29(37)20-9-10-20/h4-8,11-13,15-17,20H,9-10H2,1-3H3,(H,33,35,37). The molecule has 7 heteroatoms. The van der Waals surface area contributed by atoms with E-state index in [1.165, 1.54) is 0 Å². The second-order valence-electron chi connectivity index (χ2n) is 9.98. The van der Waals surface area contributed by atoms with Gasteiger partial charge in [0.2, 0.25) is 5.91 Å². The van der Waals surface area contributed by atoms with Crippen LogP contribution in [0.4, 0.5) is 5.82 Å². The van der Waals surface area contributed by atoms with Crippen LogP contribution in [0.1, 0.15) is 43.4 Å². The fourth-order valence-corrected chi connectivity index (χ4v) is 4.20. The summed E-state index contributed by atoms with van der Waals surface area (Å²) < 4.78 is 1.79. The SMILES string of the molecule is Cc1ccc(-c2cccc(C(C)(C)C#N)c2)cc1-n1cc(-c2cnc(NC(=O)C3CC3)cc2C#N)cn1. The summed E-state index contributed by atoms with van der Waals surface area (Å²) in [7, 11) is 0. The van der Waals surface area contributed by atoms with Gasteiger partial charge >= 0.3 is 0 Å². The average Bonchev–Trinajstić information content (AvgIpc) is 3.66. The summed E-state index contributed by atoms with van der Waals surface area (Å²) in [4.78, 5) is 16.4. The molecular formula is C30H26N6O. The van der Waals surface area contributed by atoms with Crippen LogP contribution in [-0.2, 0) is 10.2 Å². The van der Waals surface area contributed by atoms with Crippen molar-refractivity contribution in [3.63, 3.8) is 0 Å². The molecule has 1 aliphatic carbocycles. The van der Waals surface area contributed by atoms with E-state index >= 15 is 0 Å². The molecule has 0 saturated heterocycles. The van der Waals surface area contributed by atoms with Crippen molar-refractivity contribution >= 4 is 11.7 Å². The normalized spacial score (nSPS) is 13.0.